The Balaban J connectivity index is 1.30. The first-order valence-electron chi connectivity index (χ1n) is 9.60. The second-order valence-electron chi connectivity index (χ2n) is 7.12. The van der Waals surface area contributed by atoms with Crippen LogP contribution in [0.25, 0.3) is 0 Å². The van der Waals surface area contributed by atoms with Gasteiger partial charge in [0.1, 0.15) is 5.82 Å². The van der Waals surface area contributed by atoms with Gasteiger partial charge in [0.05, 0.1) is 0 Å². The molecule has 2 amide bonds. The molecule has 4 rings (SSSR count). The number of hydrogen-bond acceptors (Lipinski definition) is 3. The average molecular weight is 368 g/mol. The maximum atomic E-state index is 13.0. The number of carbonyl (C=O) groups excluding carboxylic acids is 1. The Labute approximate surface area is 159 Å². The fraction of sp³-hybridized carbons (Fsp3) is 0.381. The lowest BCUT2D eigenvalue weighted by atomic mass is 10.2. The summed E-state index contributed by atoms with van der Waals surface area (Å²) >= 11 is 0. The third-order valence-corrected chi connectivity index (χ3v) is 5.35. The van der Waals surface area contributed by atoms with Gasteiger partial charge in [0.25, 0.3) is 0 Å². The number of urea groups is 1. The van der Waals surface area contributed by atoms with Gasteiger partial charge in [-0.2, -0.15) is 0 Å². The molecule has 2 aliphatic rings. The van der Waals surface area contributed by atoms with Crippen molar-refractivity contribution < 1.29 is 9.18 Å². The van der Waals surface area contributed by atoms with Crippen LogP contribution >= 0.6 is 0 Å². The minimum absolute atomic E-state index is 0.134. The van der Waals surface area contributed by atoms with Gasteiger partial charge in [0.15, 0.2) is 0 Å². The van der Waals surface area contributed by atoms with Gasteiger partial charge in [0.2, 0.25) is 0 Å². The Kier molecular flexibility index (Phi) is 5.14. The zero-order valence-electron chi connectivity index (χ0n) is 15.4. The van der Waals surface area contributed by atoms with Crippen molar-refractivity contribution in [3.63, 3.8) is 0 Å². The van der Waals surface area contributed by atoms with Crippen LogP contribution in [0.1, 0.15) is 12.8 Å². The molecule has 0 aliphatic carbocycles. The van der Waals surface area contributed by atoms with Crippen LogP contribution in [0.3, 0.4) is 0 Å². The number of anilines is 3. The molecule has 2 fully saturated rings. The molecule has 0 bridgehead atoms. The van der Waals surface area contributed by atoms with E-state index < -0.39 is 0 Å². The quantitative estimate of drug-likeness (QED) is 0.896. The Hall–Kier alpha value is -2.76. The number of amides is 2. The van der Waals surface area contributed by atoms with E-state index >= 15 is 0 Å². The standard InChI is InChI=1S/C21H25FN4O/c22-17-3-5-18(6-4-17)23-21(27)26-15-13-25(14-16-26)20-9-7-19(8-10-20)24-11-1-2-12-24/h3-10H,1-2,11-16H2,(H,23,27). The first kappa shape index (κ1) is 17.6. The van der Waals surface area contributed by atoms with E-state index in [0.717, 1.165) is 26.2 Å². The summed E-state index contributed by atoms with van der Waals surface area (Å²) < 4.78 is 13.0. The average Bonchev–Trinajstić information content (AvgIpc) is 3.25. The minimum Gasteiger partial charge on any atom is -0.372 e. The van der Waals surface area contributed by atoms with Crippen LogP contribution < -0.4 is 15.1 Å². The molecule has 2 aliphatic heterocycles. The molecule has 142 valence electrons. The molecule has 1 N–H and O–H groups in total. The zero-order chi connectivity index (χ0) is 18.6. The molecule has 2 aromatic rings. The van der Waals surface area contributed by atoms with Crippen molar-refractivity contribution in [1.82, 2.24) is 4.90 Å². The van der Waals surface area contributed by atoms with Gasteiger partial charge in [-0.1, -0.05) is 0 Å². The highest BCUT2D eigenvalue weighted by molar-refractivity contribution is 5.89. The number of benzene rings is 2. The highest BCUT2D eigenvalue weighted by Crippen LogP contribution is 2.24. The van der Waals surface area contributed by atoms with Gasteiger partial charge in [-0.05, 0) is 61.4 Å². The molecule has 0 radical (unpaired) electrons. The number of piperazine rings is 1. The van der Waals surface area contributed by atoms with E-state index in [1.54, 1.807) is 17.0 Å². The van der Waals surface area contributed by atoms with Crippen molar-refractivity contribution >= 4 is 23.1 Å². The molecule has 0 saturated carbocycles. The zero-order valence-corrected chi connectivity index (χ0v) is 15.4. The number of hydrogen-bond donors (Lipinski definition) is 1. The molecule has 0 spiro atoms. The predicted molar refractivity (Wildman–Crippen MR) is 107 cm³/mol. The smallest absolute Gasteiger partial charge is 0.321 e. The Bertz CT molecular complexity index is 764. The molecule has 0 atom stereocenters. The van der Waals surface area contributed by atoms with E-state index in [4.69, 9.17) is 0 Å². The Morgan fingerprint density at radius 1 is 0.741 bits per heavy atom. The lowest BCUT2D eigenvalue weighted by Gasteiger charge is -2.36. The second-order valence-corrected chi connectivity index (χ2v) is 7.12. The first-order valence-corrected chi connectivity index (χ1v) is 9.60. The molecule has 2 saturated heterocycles. The fourth-order valence-corrected chi connectivity index (χ4v) is 3.75. The van der Waals surface area contributed by atoms with Crippen LogP contribution in [0, 0.1) is 5.82 Å². The van der Waals surface area contributed by atoms with E-state index in [-0.39, 0.29) is 11.8 Å². The van der Waals surface area contributed by atoms with Crippen molar-refractivity contribution in [3.05, 3.63) is 54.3 Å². The first-order chi connectivity index (χ1) is 13.2. The van der Waals surface area contributed by atoms with Gasteiger partial charge >= 0.3 is 6.03 Å². The number of rotatable bonds is 3. The molecule has 6 heteroatoms. The monoisotopic (exact) mass is 368 g/mol. The molecule has 2 aromatic carbocycles. The van der Waals surface area contributed by atoms with Gasteiger partial charge in [-0.25, -0.2) is 9.18 Å². The van der Waals surface area contributed by atoms with E-state index in [9.17, 15) is 9.18 Å². The third kappa shape index (κ3) is 4.15. The van der Waals surface area contributed by atoms with Crippen LogP contribution in [0.2, 0.25) is 0 Å². The summed E-state index contributed by atoms with van der Waals surface area (Å²) in [5.41, 5.74) is 3.12. The number of carbonyl (C=O) groups is 1. The van der Waals surface area contributed by atoms with E-state index in [0.29, 0.717) is 18.8 Å². The fourth-order valence-electron chi connectivity index (χ4n) is 3.75. The summed E-state index contributed by atoms with van der Waals surface area (Å²) in [4.78, 5) is 18.9. The molecular formula is C21H25FN4O. The SMILES string of the molecule is O=C(Nc1ccc(F)cc1)N1CCN(c2ccc(N3CCCC3)cc2)CC1. The lowest BCUT2D eigenvalue weighted by Crippen LogP contribution is -2.50. The van der Waals surface area contributed by atoms with E-state index in [2.05, 4.69) is 39.4 Å². The largest absolute Gasteiger partial charge is 0.372 e. The summed E-state index contributed by atoms with van der Waals surface area (Å²) in [6, 6.07) is 14.5. The van der Waals surface area contributed by atoms with Crippen molar-refractivity contribution in [2.45, 2.75) is 12.8 Å². The molecule has 27 heavy (non-hydrogen) atoms. The van der Waals surface area contributed by atoms with Gasteiger partial charge in [-0.3, -0.25) is 0 Å². The molecule has 2 heterocycles. The summed E-state index contributed by atoms with van der Waals surface area (Å²) in [6.07, 6.45) is 2.56. The van der Waals surface area contributed by atoms with Crippen LogP contribution in [0.4, 0.5) is 26.2 Å². The highest BCUT2D eigenvalue weighted by atomic mass is 19.1. The number of nitrogens with zero attached hydrogens (tertiary/aromatic N) is 3. The molecular weight excluding hydrogens is 343 g/mol. The summed E-state index contributed by atoms with van der Waals surface area (Å²) in [5.74, 6) is -0.308. The maximum absolute atomic E-state index is 13.0. The Morgan fingerprint density at radius 2 is 1.26 bits per heavy atom. The van der Waals surface area contributed by atoms with Gasteiger partial charge in [0, 0.05) is 56.3 Å². The van der Waals surface area contributed by atoms with Crippen LogP contribution in [0.5, 0.6) is 0 Å². The lowest BCUT2D eigenvalue weighted by molar-refractivity contribution is 0.208. The van der Waals surface area contributed by atoms with Crippen LogP contribution in [-0.2, 0) is 0 Å². The summed E-state index contributed by atoms with van der Waals surface area (Å²) in [5, 5.41) is 2.83. The van der Waals surface area contributed by atoms with Crippen molar-refractivity contribution in [1.29, 1.82) is 0 Å². The molecule has 0 aromatic heterocycles. The molecule has 0 unspecified atom stereocenters. The number of halogens is 1. The topological polar surface area (TPSA) is 38.8 Å². The molecule has 5 nitrogen and oxygen atoms in total. The minimum atomic E-state index is -0.308. The third-order valence-electron chi connectivity index (χ3n) is 5.35. The van der Waals surface area contributed by atoms with Gasteiger partial charge < -0.3 is 20.0 Å². The summed E-state index contributed by atoms with van der Waals surface area (Å²) in [7, 11) is 0. The predicted octanol–water partition coefficient (Wildman–Crippen LogP) is 3.78. The normalized spacial score (nSPS) is 17.3. The van der Waals surface area contributed by atoms with Gasteiger partial charge in [-0.15, -0.1) is 0 Å². The second kappa shape index (κ2) is 7.86. The van der Waals surface area contributed by atoms with Crippen LogP contribution in [-0.4, -0.2) is 50.2 Å². The van der Waals surface area contributed by atoms with Crippen molar-refractivity contribution in [3.8, 4) is 0 Å². The van der Waals surface area contributed by atoms with Crippen molar-refractivity contribution in [2.75, 3.05) is 54.4 Å². The van der Waals surface area contributed by atoms with E-state index in [1.807, 2.05) is 0 Å². The van der Waals surface area contributed by atoms with Crippen LogP contribution in [0.15, 0.2) is 48.5 Å². The highest BCUT2D eigenvalue weighted by Gasteiger charge is 2.21. The number of nitrogens with one attached hydrogen (secondary N) is 1. The van der Waals surface area contributed by atoms with Crippen molar-refractivity contribution in [2.24, 2.45) is 0 Å². The Morgan fingerprint density at radius 3 is 1.81 bits per heavy atom. The maximum Gasteiger partial charge on any atom is 0.321 e. The summed E-state index contributed by atoms with van der Waals surface area (Å²) in [6.45, 7) is 5.25. The van der Waals surface area contributed by atoms with E-state index in [1.165, 1.54) is 36.3 Å².